The lowest BCUT2D eigenvalue weighted by molar-refractivity contribution is 0.239. The molecule has 0 amide bonds. The van der Waals surface area contributed by atoms with Crippen LogP contribution in [-0.2, 0) is 6.54 Å². The lowest BCUT2D eigenvalue weighted by Crippen LogP contribution is -2.32. The van der Waals surface area contributed by atoms with Crippen molar-refractivity contribution < 1.29 is 9.52 Å². The highest BCUT2D eigenvalue weighted by molar-refractivity contribution is 7.98. The molecule has 4 heteroatoms. The fourth-order valence-electron chi connectivity index (χ4n) is 1.63. The Hall–Kier alpha value is -0.450. The van der Waals surface area contributed by atoms with Crippen molar-refractivity contribution in [1.29, 1.82) is 0 Å². The lowest BCUT2D eigenvalue weighted by Gasteiger charge is -2.15. The summed E-state index contributed by atoms with van der Waals surface area (Å²) in [6.07, 6.45) is 3.07. The Kier molecular flexibility index (Phi) is 5.95. The van der Waals surface area contributed by atoms with E-state index in [2.05, 4.69) is 11.6 Å². The van der Waals surface area contributed by atoms with Crippen LogP contribution in [0, 0.1) is 13.8 Å². The first-order valence-corrected chi connectivity index (χ1v) is 6.95. The molecular weight excluding hydrogens is 222 g/mol. The van der Waals surface area contributed by atoms with Gasteiger partial charge in [-0.15, -0.1) is 0 Å². The SMILES string of the molecule is CSCCC(CO)NCc1cc(C)oc1C. The van der Waals surface area contributed by atoms with Crippen molar-refractivity contribution in [1.82, 2.24) is 5.32 Å². The number of nitrogens with one attached hydrogen (secondary N) is 1. The Morgan fingerprint density at radius 2 is 2.25 bits per heavy atom. The molecule has 1 rings (SSSR count). The first-order chi connectivity index (χ1) is 7.67. The monoisotopic (exact) mass is 243 g/mol. The van der Waals surface area contributed by atoms with E-state index in [-0.39, 0.29) is 12.6 Å². The van der Waals surface area contributed by atoms with Crippen LogP contribution in [0.2, 0.25) is 0 Å². The highest BCUT2D eigenvalue weighted by Crippen LogP contribution is 2.13. The van der Waals surface area contributed by atoms with Crippen LogP contribution in [0.25, 0.3) is 0 Å². The van der Waals surface area contributed by atoms with Gasteiger partial charge in [-0.25, -0.2) is 0 Å². The van der Waals surface area contributed by atoms with Gasteiger partial charge in [-0.1, -0.05) is 0 Å². The predicted octanol–water partition coefficient (Wildman–Crippen LogP) is 2.10. The Bertz CT molecular complexity index is 312. The zero-order valence-electron chi connectivity index (χ0n) is 10.2. The predicted molar refractivity (Wildman–Crippen MR) is 68.9 cm³/mol. The standard InChI is InChI=1S/C12H21NO2S/c1-9-6-11(10(2)15-9)7-13-12(8-14)4-5-16-3/h6,12-14H,4-5,7-8H2,1-3H3. The van der Waals surface area contributed by atoms with E-state index in [1.165, 1.54) is 5.56 Å². The molecule has 0 saturated carbocycles. The van der Waals surface area contributed by atoms with Gasteiger partial charge in [-0.3, -0.25) is 0 Å². The van der Waals surface area contributed by atoms with E-state index in [1.54, 1.807) is 11.8 Å². The van der Waals surface area contributed by atoms with Gasteiger partial charge in [0.05, 0.1) is 6.61 Å². The Morgan fingerprint density at radius 3 is 2.75 bits per heavy atom. The normalized spacial score (nSPS) is 13.0. The van der Waals surface area contributed by atoms with Crippen molar-refractivity contribution in [2.45, 2.75) is 32.9 Å². The number of aliphatic hydroxyl groups is 1. The molecule has 0 spiro atoms. The van der Waals surface area contributed by atoms with E-state index in [9.17, 15) is 5.11 Å². The zero-order chi connectivity index (χ0) is 12.0. The molecule has 0 aromatic carbocycles. The minimum atomic E-state index is 0.182. The summed E-state index contributed by atoms with van der Waals surface area (Å²) < 4.78 is 5.45. The second-order valence-electron chi connectivity index (χ2n) is 3.98. The van der Waals surface area contributed by atoms with Gasteiger partial charge in [0.25, 0.3) is 0 Å². The molecule has 16 heavy (non-hydrogen) atoms. The molecule has 92 valence electrons. The summed E-state index contributed by atoms with van der Waals surface area (Å²) in [6, 6.07) is 2.23. The van der Waals surface area contributed by atoms with E-state index in [1.807, 2.05) is 19.9 Å². The third kappa shape index (κ3) is 4.20. The lowest BCUT2D eigenvalue weighted by atomic mass is 10.2. The molecule has 1 aromatic rings. The van der Waals surface area contributed by atoms with Gasteiger partial charge < -0.3 is 14.8 Å². The van der Waals surface area contributed by atoms with Gasteiger partial charge in [0, 0.05) is 18.2 Å². The molecule has 0 fully saturated rings. The molecule has 0 aliphatic heterocycles. The molecule has 3 nitrogen and oxygen atoms in total. The summed E-state index contributed by atoms with van der Waals surface area (Å²) in [6.45, 7) is 4.88. The number of rotatable bonds is 7. The van der Waals surface area contributed by atoms with Gasteiger partial charge in [0.2, 0.25) is 0 Å². The number of hydrogen-bond donors (Lipinski definition) is 2. The number of furan rings is 1. The van der Waals surface area contributed by atoms with Crippen LogP contribution in [0.4, 0.5) is 0 Å². The second-order valence-corrected chi connectivity index (χ2v) is 4.97. The van der Waals surface area contributed by atoms with Crippen molar-refractivity contribution >= 4 is 11.8 Å². The molecule has 1 aromatic heterocycles. The summed E-state index contributed by atoms with van der Waals surface area (Å²) in [7, 11) is 0. The van der Waals surface area contributed by atoms with Crippen LogP contribution in [0.5, 0.6) is 0 Å². The summed E-state index contributed by atoms with van der Waals surface area (Å²) in [4.78, 5) is 0. The van der Waals surface area contributed by atoms with E-state index >= 15 is 0 Å². The minimum Gasteiger partial charge on any atom is -0.466 e. The van der Waals surface area contributed by atoms with E-state index < -0.39 is 0 Å². The Labute approximate surface area is 102 Å². The largest absolute Gasteiger partial charge is 0.466 e. The Balaban J connectivity index is 2.39. The first-order valence-electron chi connectivity index (χ1n) is 5.56. The average molecular weight is 243 g/mol. The third-order valence-corrected chi connectivity index (χ3v) is 3.26. The molecule has 1 atom stereocenters. The van der Waals surface area contributed by atoms with Crippen LogP contribution in [0.15, 0.2) is 10.5 Å². The molecule has 0 bridgehead atoms. The van der Waals surface area contributed by atoms with Crippen molar-refractivity contribution in [3.63, 3.8) is 0 Å². The van der Waals surface area contributed by atoms with Gasteiger partial charge in [0.15, 0.2) is 0 Å². The fourth-order valence-corrected chi connectivity index (χ4v) is 2.15. The number of aryl methyl sites for hydroxylation is 2. The van der Waals surface area contributed by atoms with Gasteiger partial charge in [-0.2, -0.15) is 11.8 Å². The quantitative estimate of drug-likeness (QED) is 0.770. The Morgan fingerprint density at radius 1 is 1.50 bits per heavy atom. The van der Waals surface area contributed by atoms with E-state index in [0.717, 1.165) is 30.2 Å². The number of hydrogen-bond acceptors (Lipinski definition) is 4. The van der Waals surface area contributed by atoms with Gasteiger partial charge in [-0.05, 0) is 38.3 Å². The molecule has 0 radical (unpaired) electrons. The van der Waals surface area contributed by atoms with Crippen LogP contribution in [0.3, 0.4) is 0 Å². The zero-order valence-corrected chi connectivity index (χ0v) is 11.1. The smallest absolute Gasteiger partial charge is 0.105 e. The van der Waals surface area contributed by atoms with Crippen LogP contribution in [-0.4, -0.2) is 29.8 Å². The van der Waals surface area contributed by atoms with Crippen molar-refractivity contribution in [2.75, 3.05) is 18.6 Å². The van der Waals surface area contributed by atoms with E-state index in [4.69, 9.17) is 4.42 Å². The first kappa shape index (κ1) is 13.6. The maximum atomic E-state index is 9.21. The molecule has 2 N–H and O–H groups in total. The fraction of sp³-hybridized carbons (Fsp3) is 0.667. The van der Waals surface area contributed by atoms with Gasteiger partial charge >= 0.3 is 0 Å². The number of thioether (sulfide) groups is 1. The van der Waals surface area contributed by atoms with Gasteiger partial charge in [0.1, 0.15) is 11.5 Å². The minimum absolute atomic E-state index is 0.182. The molecule has 0 aliphatic rings. The average Bonchev–Trinajstić information content (AvgIpc) is 2.58. The summed E-state index contributed by atoms with van der Waals surface area (Å²) >= 11 is 1.80. The van der Waals surface area contributed by atoms with E-state index in [0.29, 0.717) is 0 Å². The molecule has 0 aliphatic carbocycles. The third-order valence-electron chi connectivity index (χ3n) is 2.62. The summed E-state index contributed by atoms with van der Waals surface area (Å²) in [5.74, 6) is 2.98. The number of aliphatic hydroxyl groups excluding tert-OH is 1. The van der Waals surface area contributed by atoms with Crippen molar-refractivity contribution in [2.24, 2.45) is 0 Å². The maximum Gasteiger partial charge on any atom is 0.105 e. The van der Waals surface area contributed by atoms with Crippen molar-refractivity contribution in [3.05, 3.63) is 23.2 Å². The highest BCUT2D eigenvalue weighted by Gasteiger charge is 2.09. The van der Waals surface area contributed by atoms with Crippen LogP contribution < -0.4 is 5.32 Å². The topological polar surface area (TPSA) is 45.4 Å². The summed E-state index contributed by atoms with van der Waals surface area (Å²) in [5.41, 5.74) is 1.18. The summed E-state index contributed by atoms with van der Waals surface area (Å²) in [5, 5.41) is 12.6. The molecule has 0 saturated heterocycles. The molecular formula is C12H21NO2S. The van der Waals surface area contributed by atoms with Crippen LogP contribution in [0.1, 0.15) is 23.5 Å². The maximum absolute atomic E-state index is 9.21. The molecule has 1 unspecified atom stereocenters. The second kappa shape index (κ2) is 6.99. The highest BCUT2D eigenvalue weighted by atomic mass is 32.2. The van der Waals surface area contributed by atoms with Crippen LogP contribution >= 0.6 is 11.8 Å². The van der Waals surface area contributed by atoms with Crippen molar-refractivity contribution in [3.8, 4) is 0 Å². The molecule has 1 heterocycles.